The first-order valence-corrected chi connectivity index (χ1v) is 20.0. The molecule has 3 saturated carbocycles. The maximum absolute atomic E-state index is 14.7. The van der Waals surface area contributed by atoms with Gasteiger partial charge in [-0.1, -0.05) is 59.8 Å². The van der Waals surface area contributed by atoms with Gasteiger partial charge in [0.05, 0.1) is 26.8 Å². The molecule has 4 fully saturated rings. The van der Waals surface area contributed by atoms with Crippen molar-refractivity contribution < 1.29 is 48.1 Å². The maximum Gasteiger partial charge on any atom is 0.407 e. The maximum atomic E-state index is 14.7. The first-order chi connectivity index (χ1) is 26.1. The van der Waals surface area contributed by atoms with Crippen molar-refractivity contribution in [2.45, 2.75) is 147 Å². The summed E-state index contributed by atoms with van der Waals surface area (Å²) in [6.45, 7) is 7.32. The Labute approximate surface area is 323 Å². The van der Waals surface area contributed by atoms with Gasteiger partial charge >= 0.3 is 12.2 Å². The highest BCUT2D eigenvalue weighted by Crippen LogP contribution is 2.43. The number of fused-ring (bicyclic) bond motifs is 1. The Bertz CT molecular complexity index is 1400. The van der Waals surface area contributed by atoms with Gasteiger partial charge in [0.2, 0.25) is 23.6 Å². The summed E-state index contributed by atoms with van der Waals surface area (Å²) in [6.07, 6.45) is 5.91. The van der Waals surface area contributed by atoms with E-state index < -0.39 is 83.5 Å². The molecule has 0 aromatic carbocycles. The van der Waals surface area contributed by atoms with E-state index in [9.17, 15) is 38.7 Å². The zero-order valence-corrected chi connectivity index (χ0v) is 33.2. The van der Waals surface area contributed by atoms with Crippen molar-refractivity contribution in [2.75, 3.05) is 27.3 Å². The molecule has 1 saturated heterocycles. The average Bonchev–Trinajstić information content (AvgIpc) is 3.72. The molecule has 17 nitrogen and oxygen atoms in total. The molecule has 0 bridgehead atoms. The van der Waals surface area contributed by atoms with Gasteiger partial charge in [-0.25, -0.2) is 9.59 Å². The van der Waals surface area contributed by atoms with Crippen molar-refractivity contribution in [3.8, 4) is 0 Å². The predicted molar refractivity (Wildman–Crippen MR) is 200 cm³/mol. The van der Waals surface area contributed by atoms with Crippen LogP contribution in [0.25, 0.3) is 0 Å². The lowest BCUT2D eigenvalue weighted by atomic mass is 9.82. The number of nitrogens with zero attached hydrogens (tertiary/aromatic N) is 1. The summed E-state index contributed by atoms with van der Waals surface area (Å²) in [5.74, 6) is -3.04. The minimum atomic E-state index is -1.44. The normalized spacial score (nSPS) is 23.8. The Kier molecular flexibility index (Phi) is 15.6. The van der Waals surface area contributed by atoms with Crippen molar-refractivity contribution in [1.82, 2.24) is 36.8 Å². The monoisotopic (exact) mass is 777 g/mol. The number of likely N-dealkylation sites (tertiary alicyclic amines) is 1. The molecule has 2 unspecified atom stereocenters. The van der Waals surface area contributed by atoms with Crippen molar-refractivity contribution in [1.29, 1.82) is 0 Å². The van der Waals surface area contributed by atoms with E-state index in [1.807, 2.05) is 27.7 Å². The summed E-state index contributed by atoms with van der Waals surface area (Å²) >= 11 is 0. The van der Waals surface area contributed by atoms with Crippen LogP contribution in [0.1, 0.15) is 105 Å². The van der Waals surface area contributed by atoms with E-state index in [-0.39, 0.29) is 30.3 Å². The van der Waals surface area contributed by atoms with Crippen LogP contribution in [-0.4, -0.2) is 121 Å². The van der Waals surface area contributed by atoms with E-state index in [1.165, 1.54) is 0 Å². The second-order valence-corrected chi connectivity index (χ2v) is 16.7. The fourth-order valence-electron chi connectivity index (χ4n) is 8.29. The van der Waals surface area contributed by atoms with Crippen LogP contribution in [0.15, 0.2) is 0 Å². The van der Waals surface area contributed by atoms with Gasteiger partial charge in [0.1, 0.15) is 24.2 Å². The van der Waals surface area contributed by atoms with Crippen molar-refractivity contribution in [3.05, 3.63) is 0 Å². The van der Waals surface area contributed by atoms with Crippen molar-refractivity contribution in [3.63, 3.8) is 0 Å². The molecular formula is C38H63N7O10. The summed E-state index contributed by atoms with van der Waals surface area (Å²) in [4.78, 5) is 95.3. The molecular weight excluding hydrogens is 714 g/mol. The Balaban J connectivity index is 1.56. The predicted octanol–water partition coefficient (Wildman–Crippen LogP) is 1.21. The van der Waals surface area contributed by atoms with E-state index >= 15 is 0 Å². The number of rotatable bonds is 16. The van der Waals surface area contributed by atoms with Gasteiger partial charge in [-0.3, -0.25) is 24.0 Å². The number of alkyl carbamates (subject to hydrolysis) is 2. The van der Waals surface area contributed by atoms with Gasteiger partial charge in [0, 0.05) is 12.6 Å². The van der Waals surface area contributed by atoms with Crippen LogP contribution in [0, 0.1) is 23.2 Å². The molecule has 7 amide bonds. The van der Waals surface area contributed by atoms with Gasteiger partial charge in [-0.15, -0.1) is 0 Å². The van der Waals surface area contributed by atoms with Gasteiger partial charge in [-0.2, -0.15) is 0 Å². The van der Waals surface area contributed by atoms with Crippen LogP contribution in [-0.2, 0) is 33.4 Å². The number of nitrogens with one attached hydrogen (secondary N) is 6. The highest BCUT2D eigenvalue weighted by atomic mass is 16.5. The minimum absolute atomic E-state index is 0.0411. The van der Waals surface area contributed by atoms with Gasteiger partial charge in [-0.05, 0) is 68.1 Å². The lowest BCUT2D eigenvalue weighted by Gasteiger charge is -2.38. The topological polar surface area (TPSA) is 234 Å². The average molecular weight is 778 g/mol. The molecule has 4 rings (SSSR count). The van der Waals surface area contributed by atoms with Crippen molar-refractivity contribution >= 4 is 41.7 Å². The first-order valence-electron chi connectivity index (χ1n) is 20.0. The lowest BCUT2D eigenvalue weighted by Crippen LogP contribution is -2.63. The molecule has 0 radical (unpaired) electrons. The number of ether oxygens (including phenoxy) is 2. The van der Waals surface area contributed by atoms with Crippen LogP contribution in [0.4, 0.5) is 9.59 Å². The standard InChI is InChI=1S/C38H63N7O10/c1-7-12-25(29(46)34(50)40-23-17-18-23)41-33(49)28-24-16-11-15-22(24)20-45(28)35(51)30(38(2,3)4)44-32(48)27(21-13-9-8-10-14-21)43-31(47)26(42-37(53)55-6)19-39-36(52)54-5/h21-30,46H,7-20H2,1-6H3,(H,39,52)(H,40,50)(H,41,49)(H,42,53)(H,43,47)(H,44,48)/t22?,24-,25-,26-,27-,28-,29?,30+/m0/s1. The van der Waals surface area contributed by atoms with E-state index in [2.05, 4.69) is 41.4 Å². The van der Waals surface area contributed by atoms with E-state index in [0.29, 0.717) is 32.2 Å². The Morgan fingerprint density at radius 1 is 0.782 bits per heavy atom. The van der Waals surface area contributed by atoms with Crippen molar-refractivity contribution in [2.24, 2.45) is 23.2 Å². The molecule has 55 heavy (non-hydrogen) atoms. The Morgan fingerprint density at radius 3 is 2.05 bits per heavy atom. The molecule has 8 atom stereocenters. The summed E-state index contributed by atoms with van der Waals surface area (Å²) in [5, 5.41) is 27.2. The highest BCUT2D eigenvalue weighted by Gasteiger charge is 2.52. The lowest BCUT2D eigenvalue weighted by molar-refractivity contribution is -0.146. The molecule has 310 valence electrons. The van der Waals surface area contributed by atoms with E-state index in [0.717, 1.165) is 65.6 Å². The number of carbonyl (C=O) groups excluding carboxylic acids is 7. The molecule has 0 aromatic rings. The molecule has 1 aliphatic heterocycles. The van der Waals surface area contributed by atoms with E-state index in [1.54, 1.807) is 4.90 Å². The number of amides is 7. The zero-order chi connectivity index (χ0) is 40.4. The summed E-state index contributed by atoms with van der Waals surface area (Å²) in [5.41, 5.74) is -0.826. The Hall–Kier alpha value is -4.15. The molecule has 7 N–H and O–H groups in total. The van der Waals surface area contributed by atoms with Gasteiger partial charge in [0.25, 0.3) is 5.91 Å². The number of methoxy groups -OCH3 is 2. The van der Waals surface area contributed by atoms with E-state index in [4.69, 9.17) is 0 Å². The minimum Gasteiger partial charge on any atom is -0.453 e. The molecule has 1 heterocycles. The van der Waals surface area contributed by atoms with Crippen LogP contribution < -0.4 is 31.9 Å². The zero-order valence-electron chi connectivity index (χ0n) is 33.2. The molecule has 0 aromatic heterocycles. The van der Waals surface area contributed by atoms with Crippen LogP contribution in [0.2, 0.25) is 0 Å². The second kappa shape index (κ2) is 19.6. The molecule has 3 aliphatic carbocycles. The second-order valence-electron chi connectivity index (χ2n) is 16.7. The summed E-state index contributed by atoms with van der Waals surface area (Å²) in [7, 11) is 2.28. The fourth-order valence-corrected chi connectivity index (χ4v) is 8.29. The largest absolute Gasteiger partial charge is 0.453 e. The first kappa shape index (κ1) is 43.6. The third kappa shape index (κ3) is 11.7. The fraction of sp³-hybridized carbons (Fsp3) is 0.816. The molecule has 0 spiro atoms. The SMILES string of the molecule is CCC[C@H](NC(=O)[C@@H]1[C@H]2CCCC2CN1C(=O)[C@@H](NC(=O)[C@@H](NC(=O)[C@H](CNC(=O)OC)NC(=O)OC)C1CCCCC1)C(C)(C)C)C(O)C(=O)NC1CC1. The number of aliphatic hydroxyl groups is 1. The quantitative estimate of drug-likeness (QED) is 0.118. The Morgan fingerprint density at radius 2 is 1.45 bits per heavy atom. The third-order valence-corrected chi connectivity index (χ3v) is 11.5. The summed E-state index contributed by atoms with van der Waals surface area (Å²) in [6, 6.07) is -5.15. The molecule has 4 aliphatic rings. The van der Waals surface area contributed by atoms with Crippen LogP contribution in [0.5, 0.6) is 0 Å². The smallest absolute Gasteiger partial charge is 0.407 e. The number of hydrogen-bond acceptors (Lipinski definition) is 10. The van der Waals surface area contributed by atoms with Gasteiger partial charge in [0.15, 0.2) is 6.10 Å². The number of hydrogen-bond donors (Lipinski definition) is 7. The third-order valence-electron chi connectivity index (χ3n) is 11.5. The molecule has 17 heteroatoms. The summed E-state index contributed by atoms with van der Waals surface area (Å²) < 4.78 is 9.27. The number of carbonyl (C=O) groups is 7. The van der Waals surface area contributed by atoms with Crippen LogP contribution in [0.3, 0.4) is 0 Å². The number of aliphatic hydroxyl groups excluding tert-OH is 1. The van der Waals surface area contributed by atoms with Gasteiger partial charge < -0.3 is 51.4 Å². The highest BCUT2D eigenvalue weighted by molar-refractivity contribution is 5.96. The van der Waals surface area contributed by atoms with Crippen LogP contribution >= 0.6 is 0 Å².